The molecule has 10 aromatic rings. The van der Waals surface area contributed by atoms with Gasteiger partial charge in [-0.25, -0.2) is 0 Å². The van der Waals surface area contributed by atoms with Gasteiger partial charge < -0.3 is 13.7 Å². The number of aromatic nitrogens is 3. The van der Waals surface area contributed by atoms with E-state index in [1.165, 1.54) is 94.0 Å². The lowest BCUT2D eigenvalue weighted by Crippen LogP contribution is -2.04. The van der Waals surface area contributed by atoms with Crippen molar-refractivity contribution >= 4 is 60.6 Å². The third-order valence-electron chi connectivity index (χ3n) is 10.9. The smallest absolute Gasteiger partial charge is 0.0542 e. The van der Waals surface area contributed by atoms with Crippen LogP contribution < -0.4 is 0 Å². The SMILES string of the molecule is C1=Cc2c(c3ccccc3n2-c2ccccc2-c2ccccc2-n2c3ccccc3c3cc(-n4c5ccccc5c5ccccc54)ccc32)CC1. The molecular formula is C48H33N3. The molecule has 0 radical (unpaired) electrons. The average molecular weight is 652 g/mol. The van der Waals surface area contributed by atoms with Crippen LogP contribution >= 0.6 is 0 Å². The monoisotopic (exact) mass is 651 g/mol. The summed E-state index contributed by atoms with van der Waals surface area (Å²) in [4.78, 5) is 0. The molecule has 3 heterocycles. The fourth-order valence-electron chi connectivity index (χ4n) is 8.80. The number of hydrogen-bond donors (Lipinski definition) is 0. The molecule has 0 atom stereocenters. The normalized spacial score (nSPS) is 12.9. The van der Waals surface area contributed by atoms with Gasteiger partial charge in [-0.15, -0.1) is 0 Å². The van der Waals surface area contributed by atoms with E-state index < -0.39 is 0 Å². The molecule has 0 bridgehead atoms. The number of fused-ring (bicyclic) bond motifs is 9. The van der Waals surface area contributed by atoms with Crippen molar-refractivity contribution in [3.8, 4) is 28.2 Å². The highest BCUT2D eigenvalue weighted by Gasteiger charge is 2.22. The first kappa shape index (κ1) is 28.3. The van der Waals surface area contributed by atoms with Gasteiger partial charge in [0.2, 0.25) is 0 Å². The summed E-state index contributed by atoms with van der Waals surface area (Å²) >= 11 is 0. The van der Waals surface area contributed by atoms with E-state index in [0.29, 0.717) is 0 Å². The van der Waals surface area contributed by atoms with Gasteiger partial charge in [-0.2, -0.15) is 0 Å². The van der Waals surface area contributed by atoms with E-state index in [1.54, 1.807) is 0 Å². The predicted molar refractivity (Wildman–Crippen MR) is 215 cm³/mol. The lowest BCUT2D eigenvalue weighted by atomic mass is 10.00. The zero-order valence-electron chi connectivity index (χ0n) is 28.0. The highest BCUT2D eigenvalue weighted by molar-refractivity contribution is 6.12. The van der Waals surface area contributed by atoms with E-state index in [2.05, 4.69) is 190 Å². The van der Waals surface area contributed by atoms with E-state index in [9.17, 15) is 0 Å². The van der Waals surface area contributed by atoms with E-state index in [-0.39, 0.29) is 0 Å². The molecule has 0 N–H and O–H groups in total. The first-order valence-electron chi connectivity index (χ1n) is 17.8. The van der Waals surface area contributed by atoms with Gasteiger partial charge in [0.25, 0.3) is 0 Å². The van der Waals surface area contributed by atoms with Crippen LogP contribution in [0.25, 0.3) is 88.8 Å². The van der Waals surface area contributed by atoms with Crippen LogP contribution in [0.15, 0.2) is 170 Å². The summed E-state index contributed by atoms with van der Waals surface area (Å²) in [5, 5.41) is 6.38. The second kappa shape index (κ2) is 11.0. The maximum absolute atomic E-state index is 2.48. The van der Waals surface area contributed by atoms with Gasteiger partial charge in [0.1, 0.15) is 0 Å². The Hall–Kier alpha value is -6.58. The minimum Gasteiger partial charge on any atom is -0.309 e. The lowest BCUT2D eigenvalue weighted by molar-refractivity contribution is 0.968. The number of allylic oxidation sites excluding steroid dienone is 1. The quantitative estimate of drug-likeness (QED) is 0.180. The van der Waals surface area contributed by atoms with Gasteiger partial charge in [-0.3, -0.25) is 0 Å². The molecule has 11 rings (SSSR count). The molecule has 0 spiro atoms. The van der Waals surface area contributed by atoms with Crippen molar-refractivity contribution in [1.82, 2.24) is 13.7 Å². The molecular weight excluding hydrogens is 619 g/mol. The van der Waals surface area contributed by atoms with Crippen LogP contribution in [0.1, 0.15) is 17.7 Å². The molecule has 1 aliphatic rings. The van der Waals surface area contributed by atoms with E-state index in [4.69, 9.17) is 0 Å². The Kier molecular flexibility index (Phi) is 6.08. The van der Waals surface area contributed by atoms with Gasteiger partial charge in [0, 0.05) is 49.4 Å². The van der Waals surface area contributed by atoms with Gasteiger partial charge in [-0.1, -0.05) is 115 Å². The van der Waals surface area contributed by atoms with Crippen molar-refractivity contribution < 1.29 is 0 Å². The van der Waals surface area contributed by atoms with Gasteiger partial charge in [0.15, 0.2) is 0 Å². The lowest BCUT2D eigenvalue weighted by Gasteiger charge is -2.19. The van der Waals surface area contributed by atoms with Crippen LogP contribution in [0.2, 0.25) is 0 Å². The summed E-state index contributed by atoms with van der Waals surface area (Å²) < 4.78 is 7.36. The number of rotatable bonds is 4. The fourth-order valence-corrected chi connectivity index (χ4v) is 8.80. The Balaban J connectivity index is 1.16. The Morgan fingerprint density at radius 2 is 0.843 bits per heavy atom. The molecule has 0 fully saturated rings. The second-order valence-corrected chi connectivity index (χ2v) is 13.6. The van der Waals surface area contributed by atoms with Crippen LogP contribution in [0.3, 0.4) is 0 Å². The van der Waals surface area contributed by atoms with Gasteiger partial charge in [-0.05, 0) is 79.1 Å². The summed E-state index contributed by atoms with van der Waals surface area (Å²) in [7, 11) is 0. The molecule has 7 aromatic carbocycles. The van der Waals surface area contributed by atoms with Gasteiger partial charge in [0.05, 0.1) is 39.0 Å². The van der Waals surface area contributed by atoms with Crippen molar-refractivity contribution in [2.45, 2.75) is 12.8 Å². The third-order valence-corrected chi connectivity index (χ3v) is 10.9. The number of benzene rings is 7. The minimum atomic E-state index is 1.07. The molecule has 0 unspecified atom stereocenters. The van der Waals surface area contributed by atoms with Crippen LogP contribution in [0, 0.1) is 0 Å². The molecule has 0 aliphatic heterocycles. The van der Waals surface area contributed by atoms with Crippen LogP contribution in [0.4, 0.5) is 0 Å². The predicted octanol–water partition coefficient (Wildman–Crippen LogP) is 12.5. The minimum absolute atomic E-state index is 1.07. The first-order chi connectivity index (χ1) is 25.3. The molecule has 240 valence electrons. The van der Waals surface area contributed by atoms with Crippen LogP contribution in [0.5, 0.6) is 0 Å². The zero-order chi connectivity index (χ0) is 33.5. The Bertz CT molecular complexity index is 2980. The largest absolute Gasteiger partial charge is 0.309 e. The molecule has 3 aromatic heterocycles. The summed E-state index contributed by atoms with van der Waals surface area (Å²) in [6, 6.07) is 60.0. The van der Waals surface area contributed by atoms with Crippen LogP contribution in [-0.2, 0) is 6.42 Å². The molecule has 0 saturated carbocycles. The summed E-state index contributed by atoms with van der Waals surface area (Å²) in [5.74, 6) is 0. The number of nitrogens with zero attached hydrogens (tertiary/aromatic N) is 3. The molecule has 3 heteroatoms. The van der Waals surface area contributed by atoms with Crippen molar-refractivity contribution in [2.75, 3.05) is 0 Å². The van der Waals surface area contributed by atoms with Crippen molar-refractivity contribution in [2.24, 2.45) is 0 Å². The molecule has 0 saturated heterocycles. The summed E-state index contributed by atoms with van der Waals surface area (Å²) in [6.45, 7) is 0. The fraction of sp³-hybridized carbons (Fsp3) is 0.0417. The Labute approximate surface area is 295 Å². The maximum atomic E-state index is 2.48. The van der Waals surface area contributed by atoms with E-state index in [0.717, 1.165) is 12.8 Å². The summed E-state index contributed by atoms with van der Waals surface area (Å²) in [6.07, 6.45) is 6.79. The highest BCUT2D eigenvalue weighted by Crippen LogP contribution is 2.42. The number of aryl methyl sites for hydroxylation is 1. The topological polar surface area (TPSA) is 14.8 Å². The number of hydrogen-bond acceptors (Lipinski definition) is 0. The molecule has 1 aliphatic carbocycles. The highest BCUT2D eigenvalue weighted by atomic mass is 15.0. The zero-order valence-corrected chi connectivity index (χ0v) is 28.0. The van der Waals surface area contributed by atoms with Crippen LogP contribution in [-0.4, -0.2) is 13.7 Å². The molecule has 3 nitrogen and oxygen atoms in total. The Morgan fingerprint density at radius 3 is 1.49 bits per heavy atom. The second-order valence-electron chi connectivity index (χ2n) is 13.6. The maximum Gasteiger partial charge on any atom is 0.0542 e. The summed E-state index contributed by atoms with van der Waals surface area (Å²) in [5.41, 5.74) is 14.8. The van der Waals surface area contributed by atoms with Gasteiger partial charge >= 0.3 is 0 Å². The molecule has 51 heavy (non-hydrogen) atoms. The van der Waals surface area contributed by atoms with Crippen molar-refractivity contribution in [1.29, 1.82) is 0 Å². The van der Waals surface area contributed by atoms with Crippen molar-refractivity contribution in [3.63, 3.8) is 0 Å². The first-order valence-corrected chi connectivity index (χ1v) is 17.8. The third kappa shape index (κ3) is 4.06. The van der Waals surface area contributed by atoms with Crippen molar-refractivity contribution in [3.05, 3.63) is 181 Å². The Morgan fingerprint density at radius 1 is 0.373 bits per heavy atom. The standard InChI is InChI=1S/C48H33N3/c1-8-22-41-33(15-1)34-16-2-9-23-42(34)49(41)32-29-30-48-40(31-32)39-21-7-14-28-47(39)51(48)46-27-13-6-20-38(46)37-19-5-12-26-45(37)50-43-24-10-3-17-35(43)36-18-4-11-25-44(36)50/h1-3,5-17,19-31H,4,18H2. The average Bonchev–Trinajstić information content (AvgIpc) is 3.83. The van der Waals surface area contributed by atoms with E-state index >= 15 is 0 Å². The number of para-hydroxylation sites is 6. The van der Waals surface area contributed by atoms with E-state index in [1.807, 2.05) is 0 Å². The molecule has 0 amide bonds.